The molecule has 1 aromatic rings. The molecule has 0 saturated heterocycles. The molecule has 0 aliphatic heterocycles. The van der Waals surface area contributed by atoms with E-state index in [9.17, 15) is 13.6 Å². The first-order chi connectivity index (χ1) is 6.41. The summed E-state index contributed by atoms with van der Waals surface area (Å²) < 4.78 is 25.4. The Labute approximate surface area is 79.7 Å². The van der Waals surface area contributed by atoms with Crippen LogP contribution in [0.2, 0.25) is 0 Å². The lowest BCUT2D eigenvalue weighted by Gasteiger charge is -2.17. The van der Waals surface area contributed by atoms with Crippen LogP contribution in [0.3, 0.4) is 0 Å². The summed E-state index contributed by atoms with van der Waals surface area (Å²) in [6.45, 7) is 1.89. The number of aromatic amines is 1. The maximum absolute atomic E-state index is 12.7. The quantitative estimate of drug-likeness (QED) is 0.784. The zero-order valence-corrected chi connectivity index (χ0v) is 7.84. The first kappa shape index (κ1) is 10.6. The molecule has 0 fully saturated rings. The number of nitrogens with one attached hydrogen (secondary N) is 2. The molecule has 0 spiro atoms. The van der Waals surface area contributed by atoms with Gasteiger partial charge < -0.3 is 5.32 Å². The lowest BCUT2D eigenvalue weighted by Crippen LogP contribution is -2.33. The van der Waals surface area contributed by atoms with Gasteiger partial charge in [0.05, 0.1) is 17.8 Å². The van der Waals surface area contributed by atoms with Crippen molar-refractivity contribution < 1.29 is 13.6 Å². The van der Waals surface area contributed by atoms with Crippen LogP contribution >= 0.6 is 0 Å². The van der Waals surface area contributed by atoms with E-state index in [0.29, 0.717) is 12.6 Å². The zero-order chi connectivity index (χ0) is 10.8. The molecule has 0 saturated carbocycles. The number of carbonyl (C=O) groups is 1. The summed E-state index contributed by atoms with van der Waals surface area (Å²) in [5.41, 5.74) is 0.381. The molecule has 2 N–H and O–H groups in total. The van der Waals surface area contributed by atoms with Gasteiger partial charge >= 0.3 is 0 Å². The van der Waals surface area contributed by atoms with E-state index in [1.807, 2.05) is 0 Å². The minimum atomic E-state index is -3.02. The summed E-state index contributed by atoms with van der Waals surface area (Å²) in [6.07, 6.45) is 2.76. The van der Waals surface area contributed by atoms with E-state index >= 15 is 0 Å². The molecule has 14 heavy (non-hydrogen) atoms. The molecule has 6 heteroatoms. The van der Waals surface area contributed by atoms with Crippen LogP contribution in [0.5, 0.6) is 0 Å². The molecule has 1 atom stereocenters. The van der Waals surface area contributed by atoms with Crippen LogP contribution in [0.15, 0.2) is 12.4 Å². The zero-order valence-electron chi connectivity index (χ0n) is 7.84. The van der Waals surface area contributed by atoms with Crippen molar-refractivity contribution in [2.75, 3.05) is 5.32 Å². The second-order valence-electron chi connectivity index (χ2n) is 3.15. The van der Waals surface area contributed by atoms with E-state index in [2.05, 4.69) is 15.5 Å². The number of anilines is 1. The molecular formula is C8H11F2N3O. The van der Waals surface area contributed by atoms with Gasteiger partial charge in [-0.2, -0.15) is 5.10 Å². The van der Waals surface area contributed by atoms with Crippen molar-refractivity contribution in [3.05, 3.63) is 12.4 Å². The lowest BCUT2D eigenvalue weighted by atomic mass is 10.0. The number of rotatable bonds is 3. The van der Waals surface area contributed by atoms with Crippen molar-refractivity contribution in [3.63, 3.8) is 0 Å². The summed E-state index contributed by atoms with van der Waals surface area (Å²) in [5, 5.41) is 8.35. The van der Waals surface area contributed by atoms with Gasteiger partial charge in [-0.3, -0.25) is 9.89 Å². The topological polar surface area (TPSA) is 57.8 Å². The molecule has 0 radical (unpaired) electrons. The first-order valence-electron chi connectivity index (χ1n) is 4.08. The highest BCUT2D eigenvalue weighted by Crippen LogP contribution is 2.24. The third-order valence-corrected chi connectivity index (χ3v) is 1.92. The fraction of sp³-hybridized carbons (Fsp3) is 0.500. The number of aromatic nitrogens is 2. The van der Waals surface area contributed by atoms with E-state index in [1.54, 1.807) is 0 Å². The van der Waals surface area contributed by atoms with Gasteiger partial charge in [-0.1, -0.05) is 0 Å². The molecule has 0 unspecified atom stereocenters. The molecule has 0 aliphatic carbocycles. The number of hydrogen-bond donors (Lipinski definition) is 2. The van der Waals surface area contributed by atoms with Gasteiger partial charge in [0.15, 0.2) is 0 Å². The van der Waals surface area contributed by atoms with Crippen molar-refractivity contribution in [3.8, 4) is 0 Å². The number of alkyl halides is 2. The van der Waals surface area contributed by atoms with Crippen molar-refractivity contribution >= 4 is 11.6 Å². The average molecular weight is 203 g/mol. The van der Waals surface area contributed by atoms with Crippen LogP contribution < -0.4 is 5.32 Å². The summed E-state index contributed by atoms with van der Waals surface area (Å²) in [4.78, 5) is 11.2. The highest BCUT2D eigenvalue weighted by molar-refractivity contribution is 5.92. The number of carbonyl (C=O) groups excluding carboxylic acids is 1. The molecular weight excluding hydrogens is 192 g/mol. The number of H-pyrrole nitrogens is 1. The average Bonchev–Trinajstić information content (AvgIpc) is 2.53. The van der Waals surface area contributed by atoms with Crippen LogP contribution in [-0.4, -0.2) is 22.0 Å². The van der Waals surface area contributed by atoms with Gasteiger partial charge in [0.25, 0.3) is 5.92 Å². The second-order valence-corrected chi connectivity index (χ2v) is 3.15. The summed E-state index contributed by atoms with van der Waals surface area (Å²) in [7, 11) is 0. The lowest BCUT2D eigenvalue weighted by molar-refractivity contribution is -0.130. The maximum atomic E-state index is 12.7. The van der Waals surface area contributed by atoms with Crippen LogP contribution in [-0.2, 0) is 4.79 Å². The van der Waals surface area contributed by atoms with Crippen molar-refractivity contribution in [2.45, 2.75) is 19.8 Å². The Kier molecular flexibility index (Phi) is 2.83. The highest BCUT2D eigenvalue weighted by atomic mass is 19.3. The maximum Gasteiger partial charge on any atom is 0.256 e. The Balaban J connectivity index is 2.59. The van der Waals surface area contributed by atoms with Gasteiger partial charge in [0, 0.05) is 13.1 Å². The minimum Gasteiger partial charge on any atom is -0.323 e. The number of halogens is 2. The Morgan fingerprint density at radius 1 is 1.71 bits per heavy atom. The predicted octanol–water partition coefficient (Wildman–Crippen LogP) is 1.64. The Morgan fingerprint density at radius 3 is 2.79 bits per heavy atom. The largest absolute Gasteiger partial charge is 0.323 e. The van der Waals surface area contributed by atoms with Crippen LogP contribution in [0.4, 0.5) is 14.5 Å². The SMILES string of the molecule is C[C@H](C(=O)Nc1cn[nH]c1)C(C)(F)F. The molecule has 0 aliphatic rings. The highest BCUT2D eigenvalue weighted by Gasteiger charge is 2.35. The molecule has 4 nitrogen and oxygen atoms in total. The van der Waals surface area contributed by atoms with Crippen molar-refractivity contribution in [1.29, 1.82) is 0 Å². The van der Waals surface area contributed by atoms with E-state index in [0.717, 1.165) is 0 Å². The van der Waals surface area contributed by atoms with E-state index in [-0.39, 0.29) is 0 Å². The standard InChI is InChI=1S/C8H11F2N3O/c1-5(8(2,9)10)7(14)13-6-3-11-12-4-6/h3-5H,1-2H3,(H,11,12)(H,13,14)/t5-/m1/s1. The van der Waals surface area contributed by atoms with E-state index in [4.69, 9.17) is 0 Å². The third-order valence-electron chi connectivity index (χ3n) is 1.92. The monoisotopic (exact) mass is 203 g/mol. The van der Waals surface area contributed by atoms with Crippen LogP contribution in [0.1, 0.15) is 13.8 Å². The summed E-state index contributed by atoms with van der Waals surface area (Å²) in [5.74, 6) is -5.11. The first-order valence-corrected chi connectivity index (χ1v) is 4.08. The van der Waals surface area contributed by atoms with Crippen LogP contribution in [0, 0.1) is 5.92 Å². The number of amides is 1. The second kappa shape index (κ2) is 3.73. The smallest absolute Gasteiger partial charge is 0.256 e. The van der Waals surface area contributed by atoms with Gasteiger partial charge in [-0.05, 0) is 6.92 Å². The van der Waals surface area contributed by atoms with Gasteiger partial charge in [-0.15, -0.1) is 0 Å². The predicted molar refractivity (Wildman–Crippen MR) is 47.0 cm³/mol. The molecule has 1 heterocycles. The minimum absolute atomic E-state index is 0.381. The number of hydrogen-bond acceptors (Lipinski definition) is 2. The van der Waals surface area contributed by atoms with Crippen molar-refractivity contribution in [2.24, 2.45) is 5.92 Å². The molecule has 1 aromatic heterocycles. The van der Waals surface area contributed by atoms with Gasteiger partial charge in [0.1, 0.15) is 0 Å². The molecule has 0 bridgehead atoms. The van der Waals surface area contributed by atoms with E-state index < -0.39 is 17.7 Å². The summed E-state index contributed by atoms with van der Waals surface area (Å²) >= 11 is 0. The molecule has 1 amide bonds. The third kappa shape index (κ3) is 2.51. The van der Waals surface area contributed by atoms with Crippen LogP contribution in [0.25, 0.3) is 0 Å². The Morgan fingerprint density at radius 2 is 2.36 bits per heavy atom. The van der Waals surface area contributed by atoms with Crippen molar-refractivity contribution in [1.82, 2.24) is 10.2 Å². The van der Waals surface area contributed by atoms with Gasteiger partial charge in [0.2, 0.25) is 5.91 Å². The number of nitrogens with zero attached hydrogens (tertiary/aromatic N) is 1. The Bertz CT molecular complexity index is 305. The fourth-order valence-electron chi connectivity index (χ4n) is 0.800. The van der Waals surface area contributed by atoms with Gasteiger partial charge in [-0.25, -0.2) is 8.78 Å². The molecule has 78 valence electrons. The summed E-state index contributed by atoms with van der Waals surface area (Å²) in [6, 6.07) is 0. The molecule has 1 rings (SSSR count). The fourth-order valence-corrected chi connectivity index (χ4v) is 0.800. The normalized spacial score (nSPS) is 13.7. The molecule has 0 aromatic carbocycles. The Hall–Kier alpha value is -1.46. The van der Waals surface area contributed by atoms with E-state index in [1.165, 1.54) is 19.3 Å².